The number of hydrogen-bond donors (Lipinski definition) is 0. The van der Waals surface area contributed by atoms with Gasteiger partial charge in [0.2, 0.25) is 0 Å². The van der Waals surface area contributed by atoms with E-state index in [1.165, 1.54) is 12.1 Å². The first-order chi connectivity index (χ1) is 11.0. The Labute approximate surface area is 142 Å². The Balaban J connectivity index is 2.00. The first-order valence-corrected chi connectivity index (χ1v) is 7.47. The van der Waals surface area contributed by atoms with Crippen LogP contribution in [0, 0.1) is 10.1 Å². The molecule has 0 aliphatic rings. The van der Waals surface area contributed by atoms with E-state index in [1.54, 1.807) is 12.1 Å². The lowest BCUT2D eigenvalue weighted by Gasteiger charge is -2.03. The summed E-state index contributed by atoms with van der Waals surface area (Å²) < 4.78 is 0. The fourth-order valence-electron chi connectivity index (χ4n) is 2.18. The summed E-state index contributed by atoms with van der Waals surface area (Å²) in [6.45, 7) is 0. The molecule has 0 radical (unpaired) electrons. The normalized spacial score (nSPS) is 11.7. The Morgan fingerprint density at radius 2 is 1.91 bits per heavy atom. The highest BCUT2D eigenvalue weighted by atomic mass is 35.5. The first-order valence-electron chi connectivity index (χ1n) is 6.72. The van der Waals surface area contributed by atoms with Gasteiger partial charge in [0, 0.05) is 11.5 Å². The number of nitro groups is 1. The highest BCUT2D eigenvalue weighted by molar-refractivity contribution is 6.51. The smallest absolute Gasteiger partial charge is 0.258 e. The van der Waals surface area contributed by atoms with Crippen molar-refractivity contribution in [3.8, 4) is 0 Å². The lowest BCUT2D eigenvalue weighted by molar-refractivity contribution is -0.384. The molecule has 1 aromatic heterocycles. The molecule has 3 rings (SSSR count). The van der Waals surface area contributed by atoms with Gasteiger partial charge in [-0.1, -0.05) is 53.5 Å². The van der Waals surface area contributed by atoms with Gasteiger partial charge in [0.1, 0.15) is 5.02 Å². The molecule has 23 heavy (non-hydrogen) atoms. The van der Waals surface area contributed by atoms with Gasteiger partial charge < -0.3 is 0 Å². The molecule has 0 bridgehead atoms. The van der Waals surface area contributed by atoms with Crippen LogP contribution in [0.3, 0.4) is 0 Å². The van der Waals surface area contributed by atoms with Crippen LogP contribution in [0.25, 0.3) is 22.0 Å². The maximum absolute atomic E-state index is 10.9. The van der Waals surface area contributed by atoms with E-state index in [4.69, 9.17) is 23.2 Å². The van der Waals surface area contributed by atoms with Gasteiger partial charge in [-0.05, 0) is 29.8 Å². The molecule has 0 unspecified atom stereocenters. The van der Waals surface area contributed by atoms with Crippen LogP contribution in [0.5, 0.6) is 0 Å². The molecule has 3 aromatic rings. The molecule has 6 heteroatoms. The summed E-state index contributed by atoms with van der Waals surface area (Å²) in [5.74, 6) is 0. The molecule has 2 aromatic carbocycles. The average Bonchev–Trinajstić information content (AvgIpc) is 2.55. The van der Waals surface area contributed by atoms with Crippen molar-refractivity contribution in [1.82, 2.24) is 4.98 Å². The topological polar surface area (TPSA) is 56.0 Å². The van der Waals surface area contributed by atoms with Crippen molar-refractivity contribution in [2.24, 2.45) is 0 Å². The predicted molar refractivity (Wildman–Crippen MR) is 93.6 cm³/mol. The SMILES string of the molecule is O=[N+]([O-])c1cc(/C=C(\Cl)c2ccc3ccccc3n2)ccc1Cl. The van der Waals surface area contributed by atoms with Gasteiger partial charge in [-0.2, -0.15) is 0 Å². The van der Waals surface area contributed by atoms with E-state index in [-0.39, 0.29) is 10.7 Å². The largest absolute Gasteiger partial charge is 0.288 e. The molecule has 0 amide bonds. The summed E-state index contributed by atoms with van der Waals surface area (Å²) in [7, 11) is 0. The molecule has 0 spiro atoms. The minimum Gasteiger partial charge on any atom is -0.258 e. The quantitative estimate of drug-likeness (QED) is 0.463. The number of para-hydroxylation sites is 1. The summed E-state index contributed by atoms with van der Waals surface area (Å²) in [6, 6.07) is 16.0. The van der Waals surface area contributed by atoms with Crippen molar-refractivity contribution in [2.45, 2.75) is 0 Å². The van der Waals surface area contributed by atoms with Crippen molar-refractivity contribution in [2.75, 3.05) is 0 Å². The summed E-state index contributed by atoms with van der Waals surface area (Å²) >= 11 is 12.1. The van der Waals surface area contributed by atoms with Crippen LogP contribution >= 0.6 is 23.2 Å². The van der Waals surface area contributed by atoms with Crippen LogP contribution < -0.4 is 0 Å². The Kier molecular flexibility index (Phi) is 4.28. The summed E-state index contributed by atoms with van der Waals surface area (Å²) in [6.07, 6.45) is 1.63. The number of benzene rings is 2. The monoisotopic (exact) mass is 344 g/mol. The third kappa shape index (κ3) is 3.33. The van der Waals surface area contributed by atoms with Crippen LogP contribution in [0.15, 0.2) is 54.6 Å². The van der Waals surface area contributed by atoms with E-state index in [2.05, 4.69) is 4.98 Å². The molecule has 114 valence electrons. The molecule has 0 fully saturated rings. The number of nitro benzene ring substituents is 1. The van der Waals surface area contributed by atoms with Gasteiger partial charge in [-0.15, -0.1) is 0 Å². The zero-order chi connectivity index (χ0) is 16.4. The van der Waals surface area contributed by atoms with Crippen molar-refractivity contribution >= 4 is 50.9 Å². The van der Waals surface area contributed by atoms with Crippen LogP contribution in [-0.4, -0.2) is 9.91 Å². The minimum atomic E-state index is -0.526. The zero-order valence-electron chi connectivity index (χ0n) is 11.7. The summed E-state index contributed by atoms with van der Waals surface area (Å²) in [5, 5.41) is 12.4. The van der Waals surface area contributed by atoms with Crippen LogP contribution in [0.4, 0.5) is 5.69 Å². The molecule has 0 N–H and O–H groups in total. The molecule has 4 nitrogen and oxygen atoms in total. The highest BCUT2D eigenvalue weighted by Gasteiger charge is 2.12. The van der Waals surface area contributed by atoms with E-state index in [1.807, 2.05) is 36.4 Å². The summed E-state index contributed by atoms with van der Waals surface area (Å²) in [5.41, 5.74) is 1.86. The number of nitrogens with zero attached hydrogens (tertiary/aromatic N) is 2. The highest BCUT2D eigenvalue weighted by Crippen LogP contribution is 2.28. The standard InChI is InChI=1S/C17H10Cl2N2O2/c18-13-7-5-11(10-17(13)21(22)23)9-14(19)16-8-6-12-3-1-2-4-15(12)20-16/h1-10H/b14-9-. The molecule has 0 aliphatic carbocycles. The summed E-state index contributed by atoms with van der Waals surface area (Å²) in [4.78, 5) is 14.9. The molecule has 0 saturated carbocycles. The fourth-order valence-corrected chi connectivity index (χ4v) is 2.60. The van der Waals surface area contributed by atoms with E-state index >= 15 is 0 Å². The second-order valence-electron chi connectivity index (χ2n) is 4.85. The first kappa shape index (κ1) is 15.5. The van der Waals surface area contributed by atoms with Gasteiger partial charge in [0.25, 0.3) is 5.69 Å². The third-order valence-corrected chi connectivity index (χ3v) is 3.93. The van der Waals surface area contributed by atoms with Gasteiger partial charge >= 0.3 is 0 Å². The van der Waals surface area contributed by atoms with E-state index < -0.39 is 4.92 Å². The maximum atomic E-state index is 10.9. The predicted octanol–water partition coefficient (Wildman–Crippen LogP) is 5.53. The van der Waals surface area contributed by atoms with E-state index in [9.17, 15) is 10.1 Å². The number of hydrogen-bond acceptors (Lipinski definition) is 3. The van der Waals surface area contributed by atoms with Gasteiger partial charge in [0.05, 0.1) is 21.2 Å². The Hall–Kier alpha value is -2.43. The number of pyridine rings is 1. The number of rotatable bonds is 3. The molecule has 0 aliphatic heterocycles. The third-order valence-electron chi connectivity index (χ3n) is 3.30. The number of aromatic nitrogens is 1. The number of halogens is 2. The lowest BCUT2D eigenvalue weighted by atomic mass is 10.1. The zero-order valence-corrected chi connectivity index (χ0v) is 13.3. The second-order valence-corrected chi connectivity index (χ2v) is 5.66. The Morgan fingerprint density at radius 3 is 2.70 bits per heavy atom. The molecule has 0 atom stereocenters. The van der Waals surface area contributed by atoms with Crippen LogP contribution in [0.1, 0.15) is 11.3 Å². The maximum Gasteiger partial charge on any atom is 0.288 e. The van der Waals surface area contributed by atoms with Gasteiger partial charge in [-0.3, -0.25) is 10.1 Å². The van der Waals surface area contributed by atoms with Gasteiger partial charge in [-0.25, -0.2) is 4.98 Å². The Morgan fingerprint density at radius 1 is 1.13 bits per heavy atom. The van der Waals surface area contributed by atoms with Crippen molar-refractivity contribution in [3.63, 3.8) is 0 Å². The van der Waals surface area contributed by atoms with Crippen molar-refractivity contribution in [1.29, 1.82) is 0 Å². The van der Waals surface area contributed by atoms with Gasteiger partial charge in [0.15, 0.2) is 0 Å². The van der Waals surface area contributed by atoms with Crippen molar-refractivity contribution in [3.05, 3.63) is 81.0 Å². The van der Waals surface area contributed by atoms with Crippen molar-refractivity contribution < 1.29 is 4.92 Å². The Bertz CT molecular complexity index is 939. The lowest BCUT2D eigenvalue weighted by Crippen LogP contribution is -1.90. The molecule has 0 saturated heterocycles. The van der Waals surface area contributed by atoms with Crippen LogP contribution in [0.2, 0.25) is 5.02 Å². The number of fused-ring (bicyclic) bond motifs is 1. The fraction of sp³-hybridized carbons (Fsp3) is 0. The molecule has 1 heterocycles. The minimum absolute atomic E-state index is 0.0899. The van der Waals surface area contributed by atoms with E-state index in [0.717, 1.165) is 10.9 Å². The van der Waals surface area contributed by atoms with Crippen LogP contribution in [-0.2, 0) is 0 Å². The molecular formula is C17H10Cl2N2O2. The van der Waals surface area contributed by atoms with E-state index in [0.29, 0.717) is 16.3 Å². The molecular weight excluding hydrogens is 335 g/mol. The average molecular weight is 345 g/mol. The second kappa shape index (κ2) is 6.36.